The van der Waals surface area contributed by atoms with E-state index in [1.807, 2.05) is 0 Å². The van der Waals surface area contributed by atoms with Crippen molar-refractivity contribution in [1.82, 2.24) is 14.8 Å². The summed E-state index contributed by atoms with van der Waals surface area (Å²) in [4.78, 5) is 29.5. The Morgan fingerprint density at radius 1 is 1.15 bits per heavy atom. The summed E-state index contributed by atoms with van der Waals surface area (Å²) in [7, 11) is 1.68. The predicted molar refractivity (Wildman–Crippen MR) is 102 cm³/mol. The Hall–Kier alpha value is -3.39. The zero-order chi connectivity index (χ0) is 19.0. The fourth-order valence-electron chi connectivity index (χ4n) is 2.71. The monoisotopic (exact) mass is 380 g/mol. The number of anilines is 1. The lowest BCUT2D eigenvalue weighted by atomic mass is 10.2. The lowest BCUT2D eigenvalue weighted by Crippen LogP contribution is -2.26. The maximum atomic E-state index is 13.0. The van der Waals surface area contributed by atoms with Crippen molar-refractivity contribution in [1.29, 1.82) is 0 Å². The van der Waals surface area contributed by atoms with Crippen LogP contribution in [0.4, 0.5) is 9.52 Å². The van der Waals surface area contributed by atoms with Crippen LogP contribution >= 0.6 is 11.3 Å². The number of aromatic nitrogens is 3. The van der Waals surface area contributed by atoms with E-state index >= 15 is 0 Å². The summed E-state index contributed by atoms with van der Waals surface area (Å²) in [5, 5.41) is 9.21. The molecule has 4 aromatic rings. The first kappa shape index (κ1) is 17.0. The van der Waals surface area contributed by atoms with E-state index in [1.54, 1.807) is 48.8 Å². The van der Waals surface area contributed by atoms with Gasteiger partial charge in [-0.05, 0) is 36.4 Å². The summed E-state index contributed by atoms with van der Waals surface area (Å²) in [5.41, 5.74) is 1.35. The second-order valence-electron chi connectivity index (χ2n) is 5.82. The first-order valence-corrected chi connectivity index (χ1v) is 8.90. The molecule has 0 saturated heterocycles. The van der Waals surface area contributed by atoms with Crippen LogP contribution in [0.25, 0.3) is 22.2 Å². The molecule has 2 heterocycles. The minimum atomic E-state index is -0.624. The smallest absolute Gasteiger partial charge is 0.281 e. The van der Waals surface area contributed by atoms with Gasteiger partial charge in [-0.3, -0.25) is 19.6 Å². The average molecular weight is 380 g/mol. The number of halogens is 1. The molecule has 8 heteroatoms. The summed E-state index contributed by atoms with van der Waals surface area (Å²) in [6, 6.07) is 12.9. The van der Waals surface area contributed by atoms with Crippen LogP contribution in [0.3, 0.4) is 0 Å². The van der Waals surface area contributed by atoms with Crippen molar-refractivity contribution in [2.24, 2.45) is 7.05 Å². The van der Waals surface area contributed by atoms with Gasteiger partial charge >= 0.3 is 0 Å². The molecule has 134 valence electrons. The molecular formula is C19H13FN4O2S. The van der Waals surface area contributed by atoms with Crippen molar-refractivity contribution < 1.29 is 9.18 Å². The summed E-state index contributed by atoms with van der Waals surface area (Å²) in [5.74, 6) is -0.956. The van der Waals surface area contributed by atoms with Crippen molar-refractivity contribution in [3.05, 3.63) is 75.6 Å². The van der Waals surface area contributed by atoms with Crippen LogP contribution in [0.2, 0.25) is 0 Å². The number of fused-ring (bicyclic) bond motifs is 1. The Morgan fingerprint density at radius 3 is 2.67 bits per heavy atom. The Bertz CT molecular complexity index is 1210. The molecule has 2 aromatic carbocycles. The van der Waals surface area contributed by atoms with Gasteiger partial charge in [0.2, 0.25) is 5.43 Å². The minimum absolute atomic E-state index is 0.199. The number of carbonyl (C=O) groups is 1. The van der Waals surface area contributed by atoms with Crippen LogP contribution in [0.15, 0.2) is 58.7 Å². The molecule has 1 amide bonds. The van der Waals surface area contributed by atoms with E-state index in [-0.39, 0.29) is 11.5 Å². The Kier molecular flexibility index (Phi) is 4.25. The van der Waals surface area contributed by atoms with Gasteiger partial charge in [-0.1, -0.05) is 12.1 Å². The number of para-hydroxylation sites is 1. The molecular weight excluding hydrogens is 367 g/mol. The number of nitrogens with zero attached hydrogens (tertiary/aromatic N) is 3. The summed E-state index contributed by atoms with van der Waals surface area (Å²) in [6.45, 7) is 0. The molecule has 2 aromatic heterocycles. The van der Waals surface area contributed by atoms with Crippen LogP contribution in [-0.2, 0) is 7.05 Å². The molecule has 0 saturated carbocycles. The number of hydrogen-bond donors (Lipinski definition) is 1. The lowest BCUT2D eigenvalue weighted by Gasteiger charge is -2.07. The standard InChI is InChI=1S/C19H13FN4O2S/c1-24-15-5-3-2-4-13(15)17(25)16(23-24)18(26)22-19-21-14(10-27-19)11-6-8-12(20)9-7-11/h2-10H,1H3,(H,21,22,26). The fraction of sp³-hybridized carbons (Fsp3) is 0.0526. The molecule has 6 nitrogen and oxygen atoms in total. The number of benzene rings is 2. The number of hydrogen-bond acceptors (Lipinski definition) is 5. The Morgan fingerprint density at radius 2 is 1.89 bits per heavy atom. The number of nitrogens with one attached hydrogen (secondary N) is 1. The van der Waals surface area contributed by atoms with E-state index in [1.165, 1.54) is 28.2 Å². The molecule has 1 N–H and O–H groups in total. The van der Waals surface area contributed by atoms with Gasteiger partial charge in [0, 0.05) is 23.4 Å². The topological polar surface area (TPSA) is 76.9 Å². The highest BCUT2D eigenvalue weighted by Gasteiger charge is 2.18. The van der Waals surface area contributed by atoms with Crippen LogP contribution in [-0.4, -0.2) is 20.7 Å². The highest BCUT2D eigenvalue weighted by atomic mass is 32.1. The molecule has 0 fully saturated rings. The first-order valence-electron chi connectivity index (χ1n) is 8.02. The van der Waals surface area contributed by atoms with Crippen LogP contribution in [0.1, 0.15) is 10.5 Å². The summed E-state index contributed by atoms with van der Waals surface area (Å²) < 4.78 is 14.5. The van der Waals surface area contributed by atoms with E-state index in [0.717, 1.165) is 5.56 Å². The molecule has 0 unspecified atom stereocenters. The first-order chi connectivity index (χ1) is 13.0. The van der Waals surface area contributed by atoms with Gasteiger partial charge < -0.3 is 0 Å². The number of aryl methyl sites for hydroxylation is 1. The third-order valence-electron chi connectivity index (χ3n) is 4.04. The van der Waals surface area contributed by atoms with E-state index in [2.05, 4.69) is 15.4 Å². The Labute approximate surface area is 156 Å². The molecule has 0 aliphatic carbocycles. The highest BCUT2D eigenvalue weighted by molar-refractivity contribution is 7.14. The number of amides is 1. The number of rotatable bonds is 3. The number of thiazole rings is 1. The van der Waals surface area contributed by atoms with Gasteiger partial charge in [-0.25, -0.2) is 9.37 Å². The molecule has 0 spiro atoms. The van der Waals surface area contributed by atoms with Crippen molar-refractivity contribution in [3.63, 3.8) is 0 Å². The van der Waals surface area contributed by atoms with Crippen LogP contribution in [0.5, 0.6) is 0 Å². The van der Waals surface area contributed by atoms with Crippen molar-refractivity contribution >= 4 is 33.3 Å². The van der Waals surface area contributed by atoms with Crippen molar-refractivity contribution in [2.75, 3.05) is 5.32 Å². The van der Waals surface area contributed by atoms with Crippen molar-refractivity contribution in [3.8, 4) is 11.3 Å². The summed E-state index contributed by atoms with van der Waals surface area (Å²) >= 11 is 1.21. The molecule has 0 aliphatic rings. The quantitative estimate of drug-likeness (QED) is 0.591. The molecule has 0 atom stereocenters. The third kappa shape index (κ3) is 3.22. The van der Waals surface area contributed by atoms with Gasteiger partial charge in [0.05, 0.1) is 11.2 Å². The molecule has 0 bridgehead atoms. The van der Waals surface area contributed by atoms with E-state index < -0.39 is 11.3 Å². The maximum absolute atomic E-state index is 13.0. The second-order valence-corrected chi connectivity index (χ2v) is 6.68. The largest absolute Gasteiger partial charge is 0.296 e. The molecule has 0 radical (unpaired) electrons. The SMILES string of the molecule is Cn1nc(C(=O)Nc2nc(-c3ccc(F)cc3)cs2)c(=O)c2ccccc21. The number of carbonyl (C=O) groups excluding carboxylic acids is 1. The second kappa shape index (κ2) is 6.73. The van der Waals surface area contributed by atoms with Crippen LogP contribution < -0.4 is 10.7 Å². The van der Waals surface area contributed by atoms with Crippen molar-refractivity contribution in [2.45, 2.75) is 0 Å². The molecule has 27 heavy (non-hydrogen) atoms. The fourth-order valence-corrected chi connectivity index (χ4v) is 3.43. The van der Waals surface area contributed by atoms with E-state index in [4.69, 9.17) is 0 Å². The normalized spacial score (nSPS) is 10.9. The zero-order valence-electron chi connectivity index (χ0n) is 14.1. The third-order valence-corrected chi connectivity index (χ3v) is 4.80. The van der Waals surface area contributed by atoms with Gasteiger partial charge in [-0.2, -0.15) is 5.10 Å². The average Bonchev–Trinajstić information content (AvgIpc) is 3.13. The highest BCUT2D eigenvalue weighted by Crippen LogP contribution is 2.25. The molecule has 4 rings (SSSR count). The van der Waals surface area contributed by atoms with Gasteiger partial charge in [0.1, 0.15) is 5.82 Å². The summed E-state index contributed by atoms with van der Waals surface area (Å²) in [6.07, 6.45) is 0. The predicted octanol–water partition coefficient (Wildman–Crippen LogP) is 3.45. The van der Waals surface area contributed by atoms with Crippen LogP contribution in [0, 0.1) is 5.82 Å². The molecule has 0 aliphatic heterocycles. The Balaban J connectivity index is 1.63. The van der Waals surface area contributed by atoms with Gasteiger partial charge in [0.15, 0.2) is 10.8 Å². The zero-order valence-corrected chi connectivity index (χ0v) is 15.0. The lowest BCUT2D eigenvalue weighted by molar-refractivity contribution is 0.101. The van der Waals surface area contributed by atoms with Gasteiger partial charge in [0.25, 0.3) is 5.91 Å². The van der Waals surface area contributed by atoms with Gasteiger partial charge in [-0.15, -0.1) is 11.3 Å². The van der Waals surface area contributed by atoms with E-state index in [9.17, 15) is 14.0 Å². The minimum Gasteiger partial charge on any atom is -0.296 e. The maximum Gasteiger partial charge on any atom is 0.281 e. The van der Waals surface area contributed by atoms with E-state index in [0.29, 0.717) is 21.7 Å².